The van der Waals surface area contributed by atoms with Gasteiger partial charge in [-0.3, -0.25) is 0 Å². The zero-order valence-electron chi connectivity index (χ0n) is 10.4. The van der Waals surface area contributed by atoms with Crippen LogP contribution in [0.15, 0.2) is 23.1 Å². The fourth-order valence-electron chi connectivity index (χ4n) is 2.05. The maximum absolute atomic E-state index is 12.5. The summed E-state index contributed by atoms with van der Waals surface area (Å²) in [4.78, 5) is 0.165. The third-order valence-corrected chi connectivity index (χ3v) is 5.15. The van der Waals surface area contributed by atoms with Crippen LogP contribution < -0.4 is 0 Å². The second kappa shape index (κ2) is 6.11. The van der Waals surface area contributed by atoms with Gasteiger partial charge in [0.15, 0.2) is 4.90 Å². The van der Waals surface area contributed by atoms with Crippen molar-refractivity contribution in [3.63, 3.8) is 0 Å². The Balaban J connectivity index is 2.17. The minimum atomic E-state index is -4.47. The molecule has 1 aliphatic rings. The van der Waals surface area contributed by atoms with Gasteiger partial charge in [0, 0.05) is 25.6 Å². The number of alkyl halides is 3. The summed E-state index contributed by atoms with van der Waals surface area (Å²) in [5.74, 6) is 0.0483. The Hall–Kier alpha value is -0.470. The first-order chi connectivity index (χ1) is 9.32. The van der Waals surface area contributed by atoms with Crippen molar-refractivity contribution in [1.29, 1.82) is 0 Å². The first-order valence-corrected chi connectivity index (χ1v) is 7.46. The molecule has 0 radical (unpaired) electrons. The second-order valence-corrected chi connectivity index (χ2v) is 6.48. The minimum absolute atomic E-state index is 0.00838. The molecule has 0 saturated carbocycles. The van der Waals surface area contributed by atoms with E-state index in [1.807, 2.05) is 0 Å². The molecule has 0 spiro atoms. The van der Waals surface area contributed by atoms with Gasteiger partial charge in [0.1, 0.15) is 0 Å². The summed E-state index contributed by atoms with van der Waals surface area (Å²) < 4.78 is 51.5. The normalized spacial score (nSPS) is 22.2. The van der Waals surface area contributed by atoms with E-state index in [1.54, 1.807) is 4.31 Å². The first-order valence-electron chi connectivity index (χ1n) is 5.97. The summed E-state index contributed by atoms with van der Waals surface area (Å²) in [6.45, 7) is 0.976. The maximum atomic E-state index is 12.5. The monoisotopic (exact) mass is 327 g/mol. The number of aliphatic hydroxyl groups excluding tert-OH is 1. The van der Waals surface area contributed by atoms with Crippen LogP contribution in [0.2, 0.25) is 5.02 Å². The van der Waals surface area contributed by atoms with Gasteiger partial charge >= 0.3 is 6.18 Å². The summed E-state index contributed by atoms with van der Waals surface area (Å²) in [5, 5.41) is 8.88. The maximum Gasteiger partial charge on any atom is 0.416 e. The van der Waals surface area contributed by atoms with Crippen LogP contribution in [0, 0.1) is 5.92 Å². The van der Waals surface area contributed by atoms with Gasteiger partial charge in [-0.25, -0.2) is 0 Å². The van der Waals surface area contributed by atoms with Crippen LogP contribution in [0.4, 0.5) is 13.2 Å². The molecular formula is C12H13ClF3NO2S. The SMILES string of the molecule is [O-][S+](c1ccc(C(F)(F)F)cc1Cl)N1CCC(CO)C1. The lowest BCUT2D eigenvalue weighted by molar-refractivity contribution is -0.137. The molecule has 3 nitrogen and oxygen atoms in total. The molecule has 1 saturated heterocycles. The highest BCUT2D eigenvalue weighted by Crippen LogP contribution is 2.35. The van der Waals surface area contributed by atoms with Gasteiger partial charge in [-0.05, 0) is 24.6 Å². The summed E-state index contributed by atoms with van der Waals surface area (Å²) in [6.07, 6.45) is -3.76. The van der Waals surface area contributed by atoms with E-state index in [1.165, 1.54) is 0 Å². The predicted octanol–water partition coefficient (Wildman–Crippen LogP) is 2.70. The van der Waals surface area contributed by atoms with E-state index in [9.17, 15) is 17.7 Å². The van der Waals surface area contributed by atoms with Gasteiger partial charge in [0.25, 0.3) is 0 Å². The molecule has 0 bridgehead atoms. The largest absolute Gasteiger partial charge is 0.593 e. The number of aliphatic hydroxyl groups is 1. The minimum Gasteiger partial charge on any atom is -0.593 e. The zero-order valence-corrected chi connectivity index (χ0v) is 11.9. The van der Waals surface area contributed by atoms with Crippen molar-refractivity contribution in [1.82, 2.24) is 4.31 Å². The number of rotatable bonds is 3. The van der Waals surface area contributed by atoms with Crippen LogP contribution in [0.3, 0.4) is 0 Å². The molecule has 0 aliphatic carbocycles. The van der Waals surface area contributed by atoms with Crippen molar-refractivity contribution in [2.75, 3.05) is 19.7 Å². The predicted molar refractivity (Wildman–Crippen MR) is 69.6 cm³/mol. The molecule has 2 rings (SSSR count). The topological polar surface area (TPSA) is 46.5 Å². The highest BCUT2D eigenvalue weighted by atomic mass is 35.5. The molecule has 1 N–H and O–H groups in total. The van der Waals surface area contributed by atoms with E-state index in [2.05, 4.69) is 0 Å². The van der Waals surface area contributed by atoms with E-state index in [-0.39, 0.29) is 22.4 Å². The molecule has 2 unspecified atom stereocenters. The van der Waals surface area contributed by atoms with Crippen LogP contribution in [0.1, 0.15) is 12.0 Å². The van der Waals surface area contributed by atoms with Crippen molar-refractivity contribution in [2.24, 2.45) is 5.92 Å². The molecule has 1 heterocycles. The Morgan fingerprint density at radius 3 is 2.65 bits per heavy atom. The fraction of sp³-hybridized carbons (Fsp3) is 0.500. The van der Waals surface area contributed by atoms with E-state index < -0.39 is 23.1 Å². The Morgan fingerprint density at radius 2 is 2.15 bits per heavy atom. The molecule has 1 fully saturated rings. The molecule has 1 aromatic rings. The first kappa shape index (κ1) is 15.9. The molecule has 0 amide bonds. The highest BCUT2D eigenvalue weighted by molar-refractivity contribution is 7.89. The van der Waals surface area contributed by atoms with Crippen molar-refractivity contribution >= 4 is 23.0 Å². The van der Waals surface area contributed by atoms with Crippen molar-refractivity contribution in [3.05, 3.63) is 28.8 Å². The van der Waals surface area contributed by atoms with Crippen LogP contribution in [-0.2, 0) is 17.5 Å². The van der Waals surface area contributed by atoms with Crippen LogP contribution in [0.5, 0.6) is 0 Å². The number of benzene rings is 1. The molecular weight excluding hydrogens is 315 g/mol. The Bertz CT molecular complexity index is 486. The average molecular weight is 328 g/mol. The lowest BCUT2D eigenvalue weighted by atomic mass is 10.1. The van der Waals surface area contributed by atoms with Crippen molar-refractivity contribution in [3.8, 4) is 0 Å². The fourth-order valence-corrected chi connectivity index (χ4v) is 3.74. The lowest BCUT2D eigenvalue weighted by Gasteiger charge is -2.20. The third-order valence-electron chi connectivity index (χ3n) is 3.19. The number of nitrogens with zero attached hydrogens (tertiary/aromatic N) is 1. The van der Waals surface area contributed by atoms with Crippen LogP contribution in [0.25, 0.3) is 0 Å². The molecule has 112 valence electrons. The Kier molecular flexibility index (Phi) is 4.86. The number of halogens is 4. The number of hydrogen-bond acceptors (Lipinski definition) is 3. The summed E-state index contributed by atoms with van der Waals surface area (Å²) in [6, 6.07) is 2.81. The summed E-state index contributed by atoms with van der Waals surface area (Å²) in [5.41, 5.74) is -0.863. The van der Waals surface area contributed by atoms with E-state index in [0.29, 0.717) is 19.5 Å². The van der Waals surface area contributed by atoms with Crippen molar-refractivity contribution in [2.45, 2.75) is 17.5 Å². The van der Waals surface area contributed by atoms with E-state index in [0.717, 1.165) is 18.2 Å². The Morgan fingerprint density at radius 1 is 1.45 bits per heavy atom. The highest BCUT2D eigenvalue weighted by Gasteiger charge is 2.35. The smallest absolute Gasteiger partial charge is 0.416 e. The Labute approximate surface area is 122 Å². The molecule has 1 aliphatic heterocycles. The zero-order chi connectivity index (χ0) is 14.9. The molecule has 2 atom stereocenters. The van der Waals surface area contributed by atoms with Gasteiger partial charge in [-0.1, -0.05) is 11.6 Å². The lowest BCUT2D eigenvalue weighted by Crippen LogP contribution is -2.29. The van der Waals surface area contributed by atoms with Crippen molar-refractivity contribution < 1.29 is 22.8 Å². The van der Waals surface area contributed by atoms with Gasteiger partial charge in [-0.2, -0.15) is 13.2 Å². The van der Waals surface area contributed by atoms with Gasteiger partial charge < -0.3 is 9.66 Å². The molecule has 20 heavy (non-hydrogen) atoms. The number of hydrogen-bond donors (Lipinski definition) is 1. The second-order valence-electron chi connectivity index (χ2n) is 4.62. The van der Waals surface area contributed by atoms with E-state index in [4.69, 9.17) is 16.7 Å². The molecule has 1 aromatic carbocycles. The van der Waals surface area contributed by atoms with E-state index >= 15 is 0 Å². The van der Waals surface area contributed by atoms with Gasteiger partial charge in [-0.15, -0.1) is 4.31 Å². The molecule has 0 aromatic heterocycles. The van der Waals surface area contributed by atoms with Crippen LogP contribution in [-0.4, -0.2) is 33.7 Å². The standard InChI is InChI=1S/C12H13ClF3NO2S/c13-10-5-9(12(14,15)16)1-2-11(10)20(19)17-4-3-8(6-17)7-18/h1-2,5,8,18H,3-4,6-7H2. The average Bonchev–Trinajstić information content (AvgIpc) is 2.85. The van der Waals surface area contributed by atoms with Gasteiger partial charge in [0.2, 0.25) is 0 Å². The van der Waals surface area contributed by atoms with Gasteiger partial charge in [0.05, 0.1) is 21.9 Å². The quantitative estimate of drug-likeness (QED) is 0.868. The van der Waals surface area contributed by atoms with Crippen LogP contribution >= 0.6 is 11.6 Å². The molecule has 8 heteroatoms. The third kappa shape index (κ3) is 3.40. The summed E-state index contributed by atoms with van der Waals surface area (Å²) >= 11 is 4.21. The summed E-state index contributed by atoms with van der Waals surface area (Å²) in [7, 11) is 0.